The van der Waals surface area contributed by atoms with E-state index in [4.69, 9.17) is 0 Å². The summed E-state index contributed by atoms with van der Waals surface area (Å²) < 4.78 is 0. The number of carbonyl (C=O) groups excluding carboxylic acids is 2. The molecule has 1 N–H and O–H groups in total. The lowest BCUT2D eigenvalue weighted by atomic mass is 10.1. The highest BCUT2D eigenvalue weighted by atomic mass is 32.2. The first-order valence-corrected chi connectivity index (χ1v) is 4.65. The van der Waals surface area contributed by atoms with Crippen molar-refractivity contribution in [1.29, 1.82) is 0 Å². The molecular weight excluding hydrogens is 174 g/mol. The lowest BCUT2D eigenvalue weighted by Gasteiger charge is -2.09. The van der Waals surface area contributed by atoms with E-state index < -0.39 is 0 Å². The Morgan fingerprint density at radius 2 is 1.92 bits per heavy atom. The molecule has 1 rings (SSSR count). The zero-order valence-corrected chi connectivity index (χ0v) is 7.70. The van der Waals surface area contributed by atoms with E-state index in [0.29, 0.717) is 10.6 Å². The van der Waals surface area contributed by atoms with Gasteiger partial charge >= 0.3 is 0 Å². The third-order valence-electron chi connectivity index (χ3n) is 1.54. The first-order chi connectivity index (χ1) is 5.69. The van der Waals surface area contributed by atoms with Crippen molar-refractivity contribution in [3.05, 3.63) is 22.8 Å². The number of likely N-dealkylation sites (N-methyl/N-ethyl adjacent to an activating group) is 1. The van der Waals surface area contributed by atoms with Crippen molar-refractivity contribution < 1.29 is 9.59 Å². The van der Waals surface area contributed by atoms with Gasteiger partial charge in [-0.3, -0.25) is 9.59 Å². The van der Waals surface area contributed by atoms with Crippen molar-refractivity contribution in [1.82, 2.24) is 5.32 Å². The van der Waals surface area contributed by atoms with Gasteiger partial charge in [0.1, 0.15) is 0 Å². The highest BCUT2D eigenvalue weighted by Crippen LogP contribution is 2.18. The van der Waals surface area contributed by atoms with Crippen molar-refractivity contribution >= 4 is 23.3 Å². The summed E-state index contributed by atoms with van der Waals surface area (Å²) in [6, 6.07) is 0. The molecule has 0 atom stereocenters. The van der Waals surface area contributed by atoms with Gasteiger partial charge in [-0.2, -0.15) is 0 Å². The first kappa shape index (κ1) is 9.06. The molecular formula is C8H9NO2S. The largest absolute Gasteiger partial charge is 0.385 e. The fraction of sp³-hybridized carbons (Fsp3) is 0.250. The monoisotopic (exact) mass is 183 g/mol. The van der Waals surface area contributed by atoms with Crippen LogP contribution in [0.3, 0.4) is 0 Å². The molecule has 0 aromatic heterocycles. The van der Waals surface area contributed by atoms with Gasteiger partial charge in [-0.05, 0) is 6.26 Å². The summed E-state index contributed by atoms with van der Waals surface area (Å²) in [6.07, 6.45) is 4.46. The highest BCUT2D eigenvalue weighted by Gasteiger charge is 2.17. The maximum atomic E-state index is 11.2. The van der Waals surface area contributed by atoms with E-state index >= 15 is 0 Å². The van der Waals surface area contributed by atoms with Gasteiger partial charge in [0.15, 0.2) is 5.78 Å². The Kier molecular flexibility index (Phi) is 2.70. The predicted molar refractivity (Wildman–Crippen MR) is 48.8 cm³/mol. The molecule has 3 nitrogen and oxygen atoms in total. The molecule has 12 heavy (non-hydrogen) atoms. The number of ketones is 2. The summed E-state index contributed by atoms with van der Waals surface area (Å²) in [5.74, 6) is -0.243. The number of thioether (sulfide) groups is 1. The second kappa shape index (κ2) is 3.58. The normalized spacial score (nSPS) is 17.2. The van der Waals surface area contributed by atoms with Crippen molar-refractivity contribution in [3.63, 3.8) is 0 Å². The molecule has 4 heteroatoms. The number of rotatable bonds is 2. The zero-order valence-electron chi connectivity index (χ0n) is 6.88. The number of carbonyl (C=O) groups is 2. The summed E-state index contributed by atoms with van der Waals surface area (Å²) in [4.78, 5) is 22.8. The van der Waals surface area contributed by atoms with Gasteiger partial charge in [0.2, 0.25) is 5.78 Å². The van der Waals surface area contributed by atoms with Crippen LogP contribution in [-0.4, -0.2) is 24.9 Å². The van der Waals surface area contributed by atoms with Crippen LogP contribution < -0.4 is 5.32 Å². The third kappa shape index (κ3) is 1.58. The molecule has 0 radical (unpaired) electrons. The van der Waals surface area contributed by atoms with E-state index in [9.17, 15) is 9.59 Å². The second-order valence-electron chi connectivity index (χ2n) is 2.25. The summed E-state index contributed by atoms with van der Waals surface area (Å²) in [5.41, 5.74) is 0.359. The lowest BCUT2D eigenvalue weighted by molar-refractivity contribution is -0.115. The molecule has 0 unspecified atom stereocenters. The summed E-state index contributed by atoms with van der Waals surface area (Å²) in [7, 11) is 1.62. The van der Waals surface area contributed by atoms with Crippen LogP contribution in [0, 0.1) is 0 Å². The quantitative estimate of drug-likeness (QED) is 0.633. The minimum Gasteiger partial charge on any atom is -0.385 e. The molecule has 0 saturated heterocycles. The Hall–Kier alpha value is -1.03. The molecule has 64 valence electrons. The van der Waals surface area contributed by atoms with Crippen LogP contribution in [0.4, 0.5) is 0 Å². The van der Waals surface area contributed by atoms with E-state index in [0.717, 1.165) is 0 Å². The Morgan fingerprint density at radius 3 is 2.42 bits per heavy atom. The molecule has 0 aliphatic heterocycles. The van der Waals surface area contributed by atoms with Crippen LogP contribution in [0.25, 0.3) is 0 Å². The van der Waals surface area contributed by atoms with Crippen molar-refractivity contribution in [2.75, 3.05) is 13.3 Å². The van der Waals surface area contributed by atoms with Crippen molar-refractivity contribution in [3.8, 4) is 0 Å². The number of hydrogen-bond donors (Lipinski definition) is 1. The molecule has 1 aliphatic carbocycles. The summed E-state index contributed by atoms with van der Waals surface area (Å²) in [6.45, 7) is 0. The Labute approximate surface area is 74.9 Å². The van der Waals surface area contributed by atoms with Crippen molar-refractivity contribution in [2.45, 2.75) is 0 Å². The minimum atomic E-state index is -0.138. The van der Waals surface area contributed by atoms with Gasteiger partial charge in [-0.15, -0.1) is 11.8 Å². The molecule has 0 amide bonds. The third-order valence-corrected chi connectivity index (χ3v) is 2.29. The lowest BCUT2D eigenvalue weighted by Crippen LogP contribution is -2.20. The second-order valence-corrected chi connectivity index (χ2v) is 3.10. The average molecular weight is 183 g/mol. The average Bonchev–Trinajstić information content (AvgIpc) is 2.08. The van der Waals surface area contributed by atoms with Gasteiger partial charge in [0.25, 0.3) is 0 Å². The van der Waals surface area contributed by atoms with Gasteiger partial charge < -0.3 is 5.32 Å². The molecule has 1 aliphatic rings. The van der Waals surface area contributed by atoms with Crippen LogP contribution in [0.1, 0.15) is 0 Å². The van der Waals surface area contributed by atoms with Crippen LogP contribution >= 0.6 is 11.8 Å². The highest BCUT2D eigenvalue weighted by molar-refractivity contribution is 8.03. The molecule has 0 fully saturated rings. The molecule has 0 saturated carbocycles. The van der Waals surface area contributed by atoms with E-state index in [1.165, 1.54) is 23.9 Å². The van der Waals surface area contributed by atoms with E-state index in [2.05, 4.69) is 5.32 Å². The maximum absolute atomic E-state index is 11.2. The van der Waals surface area contributed by atoms with E-state index in [1.807, 2.05) is 0 Å². The fourth-order valence-electron chi connectivity index (χ4n) is 0.896. The topological polar surface area (TPSA) is 46.2 Å². The minimum absolute atomic E-state index is 0.105. The van der Waals surface area contributed by atoms with Gasteiger partial charge in [0, 0.05) is 19.2 Å². The summed E-state index contributed by atoms with van der Waals surface area (Å²) >= 11 is 1.29. The van der Waals surface area contributed by atoms with Gasteiger partial charge in [-0.1, -0.05) is 0 Å². The number of nitrogens with one attached hydrogen (secondary N) is 1. The maximum Gasteiger partial charge on any atom is 0.203 e. The Bertz CT molecular complexity index is 261. The van der Waals surface area contributed by atoms with Crippen LogP contribution in [0.2, 0.25) is 0 Å². The first-order valence-electron chi connectivity index (χ1n) is 3.43. The Morgan fingerprint density at radius 1 is 1.25 bits per heavy atom. The summed E-state index contributed by atoms with van der Waals surface area (Å²) in [5, 5.41) is 2.67. The van der Waals surface area contributed by atoms with Gasteiger partial charge in [0.05, 0.1) is 10.6 Å². The zero-order chi connectivity index (χ0) is 9.14. The SMILES string of the molecule is CNC1=CC(=O)C(SC)=CC1=O. The van der Waals surface area contributed by atoms with E-state index in [-0.39, 0.29) is 11.6 Å². The van der Waals surface area contributed by atoms with Crippen LogP contribution in [0.5, 0.6) is 0 Å². The number of allylic oxidation sites excluding steroid dienone is 3. The van der Waals surface area contributed by atoms with Crippen LogP contribution in [0.15, 0.2) is 22.8 Å². The van der Waals surface area contributed by atoms with Gasteiger partial charge in [-0.25, -0.2) is 0 Å². The van der Waals surface area contributed by atoms with Crippen molar-refractivity contribution in [2.24, 2.45) is 0 Å². The van der Waals surface area contributed by atoms with E-state index in [1.54, 1.807) is 13.3 Å². The smallest absolute Gasteiger partial charge is 0.203 e. The molecule has 0 heterocycles. The molecule has 0 aromatic carbocycles. The molecule has 0 bridgehead atoms. The van der Waals surface area contributed by atoms with Crippen LogP contribution in [-0.2, 0) is 9.59 Å². The Balaban J connectivity index is 2.94. The fourth-order valence-corrected chi connectivity index (χ4v) is 1.38. The predicted octanol–water partition coefficient (Wildman–Crippen LogP) is 0.488. The number of hydrogen-bond acceptors (Lipinski definition) is 4. The molecule has 0 spiro atoms. The standard InChI is InChI=1S/C8H9NO2S/c1-9-5-3-7(11)8(12-2)4-6(5)10/h3-4,9H,1-2H3. The molecule has 0 aromatic rings.